The lowest BCUT2D eigenvalue weighted by Gasteiger charge is -2.06. The Hall–Kier alpha value is -2.26. The maximum absolute atomic E-state index is 12.5. The van der Waals surface area contributed by atoms with Crippen LogP contribution in [-0.2, 0) is 12.8 Å². The molecule has 0 spiro atoms. The summed E-state index contributed by atoms with van der Waals surface area (Å²) >= 11 is 1.53. The van der Waals surface area contributed by atoms with E-state index in [2.05, 4.69) is 15.8 Å². The summed E-state index contributed by atoms with van der Waals surface area (Å²) in [5.41, 5.74) is 2.20. The molecular formula is C18H16F2N2OS. The summed E-state index contributed by atoms with van der Waals surface area (Å²) in [7, 11) is 0. The Bertz CT molecular complexity index is 793. The molecule has 6 heteroatoms. The molecule has 1 heterocycles. The van der Waals surface area contributed by atoms with Crippen molar-refractivity contribution in [2.75, 3.05) is 0 Å². The van der Waals surface area contributed by atoms with Crippen LogP contribution < -0.4 is 4.74 Å². The van der Waals surface area contributed by atoms with Crippen LogP contribution in [0.15, 0.2) is 29.3 Å². The molecule has 0 atom stereocenters. The highest BCUT2D eigenvalue weighted by Gasteiger charge is 2.19. The first-order valence-corrected chi connectivity index (χ1v) is 8.63. The zero-order chi connectivity index (χ0) is 16.9. The Labute approximate surface area is 143 Å². The largest absolute Gasteiger partial charge is 0.434 e. The van der Waals surface area contributed by atoms with E-state index in [-0.39, 0.29) is 5.75 Å². The van der Waals surface area contributed by atoms with Crippen molar-refractivity contribution in [3.8, 4) is 11.8 Å². The van der Waals surface area contributed by atoms with Gasteiger partial charge in [0, 0.05) is 16.7 Å². The van der Waals surface area contributed by atoms with Gasteiger partial charge in [-0.15, -0.1) is 11.3 Å². The monoisotopic (exact) mass is 346 g/mol. The van der Waals surface area contributed by atoms with Crippen LogP contribution in [0.25, 0.3) is 0 Å². The number of hydrogen-bond donors (Lipinski definition) is 0. The number of aliphatic imine (C=N–C) groups is 1. The highest BCUT2D eigenvalue weighted by Crippen LogP contribution is 2.38. The van der Waals surface area contributed by atoms with Gasteiger partial charge in [0.25, 0.3) is 0 Å². The molecule has 3 rings (SSSR count). The fraction of sp³-hybridized carbons (Fsp3) is 0.333. The molecule has 0 saturated heterocycles. The molecule has 124 valence electrons. The molecular weight excluding hydrogens is 330 g/mol. The molecule has 0 aliphatic heterocycles. The lowest BCUT2D eigenvalue weighted by molar-refractivity contribution is -0.0499. The number of fused-ring (bicyclic) bond motifs is 1. The number of para-hydroxylation sites is 1. The second-order valence-electron chi connectivity index (χ2n) is 5.53. The van der Waals surface area contributed by atoms with Gasteiger partial charge in [-0.2, -0.15) is 14.0 Å². The molecule has 3 nitrogen and oxygen atoms in total. The molecule has 0 unspecified atom stereocenters. The lowest BCUT2D eigenvalue weighted by Crippen LogP contribution is -2.03. The van der Waals surface area contributed by atoms with Crippen LogP contribution >= 0.6 is 11.3 Å². The zero-order valence-corrected chi connectivity index (χ0v) is 13.8. The molecule has 2 aromatic rings. The predicted molar refractivity (Wildman–Crippen MR) is 90.6 cm³/mol. The highest BCUT2D eigenvalue weighted by molar-refractivity contribution is 7.16. The number of hydrogen-bond acceptors (Lipinski definition) is 4. The third-order valence-electron chi connectivity index (χ3n) is 3.97. The van der Waals surface area contributed by atoms with Crippen molar-refractivity contribution in [1.82, 2.24) is 0 Å². The third kappa shape index (κ3) is 3.62. The van der Waals surface area contributed by atoms with Gasteiger partial charge in [0.1, 0.15) is 16.8 Å². The van der Waals surface area contributed by atoms with Gasteiger partial charge in [-0.3, -0.25) is 0 Å². The van der Waals surface area contributed by atoms with Crippen LogP contribution in [0, 0.1) is 11.3 Å². The maximum atomic E-state index is 12.5. The Kier molecular flexibility index (Phi) is 5.21. The number of aryl methyl sites for hydroxylation is 1. The topological polar surface area (TPSA) is 45.4 Å². The SMILES string of the molecule is N#Cc1c(N=Cc2ccccc2OC(F)F)sc2c1CCCCC2. The summed E-state index contributed by atoms with van der Waals surface area (Å²) in [5, 5.41) is 10.1. The maximum Gasteiger partial charge on any atom is 0.387 e. The van der Waals surface area contributed by atoms with Gasteiger partial charge in [0.2, 0.25) is 0 Å². The fourth-order valence-electron chi connectivity index (χ4n) is 2.85. The second-order valence-corrected chi connectivity index (χ2v) is 6.61. The Morgan fingerprint density at radius 3 is 2.79 bits per heavy atom. The highest BCUT2D eigenvalue weighted by atomic mass is 32.1. The predicted octanol–water partition coefficient (Wildman–Crippen LogP) is 5.24. The van der Waals surface area contributed by atoms with E-state index in [0.29, 0.717) is 16.1 Å². The molecule has 1 aliphatic rings. The number of ether oxygens (including phenoxy) is 1. The zero-order valence-electron chi connectivity index (χ0n) is 13.0. The van der Waals surface area contributed by atoms with E-state index < -0.39 is 6.61 Å². The Balaban J connectivity index is 1.92. The molecule has 0 radical (unpaired) electrons. The first-order valence-electron chi connectivity index (χ1n) is 7.81. The van der Waals surface area contributed by atoms with Gasteiger partial charge < -0.3 is 4.74 Å². The number of halogens is 2. The standard InChI is InChI=1S/C18H16F2N2OS/c19-18(20)23-15-8-5-4-6-12(15)11-22-17-14(10-21)13-7-2-1-3-9-16(13)24-17/h4-6,8,11,18H,1-3,7,9H2. The van der Waals surface area contributed by atoms with Crippen molar-refractivity contribution < 1.29 is 13.5 Å². The summed E-state index contributed by atoms with van der Waals surface area (Å²) in [4.78, 5) is 5.63. The van der Waals surface area contributed by atoms with Gasteiger partial charge in [-0.05, 0) is 43.4 Å². The Morgan fingerprint density at radius 2 is 2.00 bits per heavy atom. The van der Waals surface area contributed by atoms with Crippen LogP contribution in [0.5, 0.6) is 5.75 Å². The summed E-state index contributed by atoms with van der Waals surface area (Å²) in [6.07, 6.45) is 6.79. The van der Waals surface area contributed by atoms with Crippen molar-refractivity contribution in [2.45, 2.75) is 38.7 Å². The number of nitriles is 1. The van der Waals surface area contributed by atoms with Gasteiger partial charge in [0.15, 0.2) is 0 Å². The summed E-state index contributed by atoms with van der Waals surface area (Å²) in [6, 6.07) is 8.75. The number of benzene rings is 1. The molecule has 0 amide bonds. The molecule has 0 N–H and O–H groups in total. The van der Waals surface area contributed by atoms with Crippen LogP contribution in [0.2, 0.25) is 0 Å². The molecule has 0 bridgehead atoms. The van der Waals surface area contributed by atoms with Crippen molar-refractivity contribution >= 4 is 22.6 Å². The van der Waals surface area contributed by atoms with Crippen LogP contribution in [0.3, 0.4) is 0 Å². The minimum Gasteiger partial charge on any atom is -0.434 e. The van der Waals surface area contributed by atoms with Gasteiger partial charge in [0.05, 0.1) is 5.56 Å². The fourth-order valence-corrected chi connectivity index (χ4v) is 4.04. The smallest absolute Gasteiger partial charge is 0.387 e. The van der Waals surface area contributed by atoms with Crippen molar-refractivity contribution in [3.63, 3.8) is 0 Å². The average molecular weight is 346 g/mol. The first-order chi connectivity index (χ1) is 11.7. The number of thiophene rings is 1. The molecule has 1 aromatic carbocycles. The summed E-state index contributed by atoms with van der Waals surface area (Å²) in [6.45, 7) is -2.88. The van der Waals surface area contributed by atoms with Gasteiger partial charge >= 0.3 is 6.61 Å². The number of alkyl halides is 2. The summed E-state index contributed by atoms with van der Waals surface area (Å²) < 4.78 is 29.4. The minimum atomic E-state index is -2.88. The second kappa shape index (κ2) is 7.54. The van der Waals surface area contributed by atoms with Crippen LogP contribution in [-0.4, -0.2) is 12.8 Å². The van der Waals surface area contributed by atoms with Crippen molar-refractivity contribution in [1.29, 1.82) is 5.26 Å². The average Bonchev–Trinajstić information content (AvgIpc) is 2.73. The van der Waals surface area contributed by atoms with E-state index in [9.17, 15) is 14.0 Å². The van der Waals surface area contributed by atoms with E-state index in [1.165, 1.54) is 34.9 Å². The molecule has 0 fully saturated rings. The van der Waals surface area contributed by atoms with E-state index in [4.69, 9.17) is 0 Å². The van der Waals surface area contributed by atoms with E-state index in [1.54, 1.807) is 18.2 Å². The van der Waals surface area contributed by atoms with Crippen LogP contribution in [0.4, 0.5) is 13.8 Å². The summed E-state index contributed by atoms with van der Waals surface area (Å²) in [5.74, 6) is 0.0767. The molecule has 0 saturated carbocycles. The Morgan fingerprint density at radius 1 is 1.21 bits per heavy atom. The van der Waals surface area contributed by atoms with E-state index in [1.807, 2.05) is 0 Å². The van der Waals surface area contributed by atoms with Crippen molar-refractivity contribution in [2.24, 2.45) is 4.99 Å². The van der Waals surface area contributed by atoms with Crippen molar-refractivity contribution in [3.05, 3.63) is 45.8 Å². The minimum absolute atomic E-state index is 0.0767. The lowest BCUT2D eigenvalue weighted by atomic mass is 10.1. The van der Waals surface area contributed by atoms with E-state index >= 15 is 0 Å². The van der Waals surface area contributed by atoms with Gasteiger partial charge in [-0.1, -0.05) is 18.6 Å². The van der Waals surface area contributed by atoms with E-state index in [0.717, 1.165) is 31.2 Å². The quantitative estimate of drug-likeness (QED) is 0.561. The normalized spacial score (nSPS) is 14.4. The first kappa shape index (κ1) is 16.6. The number of nitrogens with zero attached hydrogens (tertiary/aromatic N) is 2. The third-order valence-corrected chi connectivity index (χ3v) is 5.17. The van der Waals surface area contributed by atoms with Crippen LogP contribution in [0.1, 0.15) is 40.8 Å². The van der Waals surface area contributed by atoms with Gasteiger partial charge in [-0.25, -0.2) is 4.99 Å². The molecule has 1 aromatic heterocycles. The molecule has 1 aliphatic carbocycles. The molecule has 24 heavy (non-hydrogen) atoms. The number of rotatable bonds is 4.